The van der Waals surface area contributed by atoms with Crippen molar-refractivity contribution < 1.29 is 9.90 Å². The van der Waals surface area contributed by atoms with Gasteiger partial charge in [-0.3, -0.25) is 4.57 Å². The van der Waals surface area contributed by atoms with Crippen LogP contribution < -0.4 is 10.6 Å². The minimum Gasteiger partial charge on any atom is -0.465 e. The van der Waals surface area contributed by atoms with Crippen molar-refractivity contribution in [3.8, 4) is 39.6 Å². The molecule has 0 atom stereocenters. The number of rotatable bonds is 4. The van der Waals surface area contributed by atoms with Gasteiger partial charge in [-0.2, -0.15) is 0 Å². The van der Waals surface area contributed by atoms with Crippen molar-refractivity contribution in [2.75, 3.05) is 5.32 Å². The van der Waals surface area contributed by atoms with Crippen LogP contribution in [-0.4, -0.2) is 25.7 Å². The topological polar surface area (TPSA) is 92.1 Å². The zero-order chi connectivity index (χ0) is 25.7. The second-order valence-electron chi connectivity index (χ2n) is 9.82. The van der Waals surface area contributed by atoms with E-state index in [0.29, 0.717) is 0 Å². The van der Waals surface area contributed by atoms with Crippen LogP contribution in [0.3, 0.4) is 0 Å². The van der Waals surface area contributed by atoms with Crippen molar-refractivity contribution in [1.29, 1.82) is 0 Å². The molecule has 7 rings (SSSR count). The van der Waals surface area contributed by atoms with Gasteiger partial charge in [0.2, 0.25) is 0 Å². The molecule has 1 aliphatic heterocycles. The van der Waals surface area contributed by atoms with E-state index >= 15 is 0 Å². The predicted octanol–water partition coefficient (Wildman–Crippen LogP) is 6.97. The van der Waals surface area contributed by atoms with E-state index in [0.717, 1.165) is 75.9 Å². The third kappa shape index (κ3) is 3.47. The van der Waals surface area contributed by atoms with E-state index in [4.69, 9.17) is 4.98 Å². The molecule has 0 saturated heterocycles. The lowest BCUT2D eigenvalue weighted by atomic mass is 9.71. The van der Waals surface area contributed by atoms with Crippen LogP contribution in [-0.2, 0) is 5.54 Å². The smallest absolute Gasteiger partial charge is 0.405 e. The van der Waals surface area contributed by atoms with E-state index in [1.54, 1.807) is 6.20 Å². The maximum absolute atomic E-state index is 11.5. The second kappa shape index (κ2) is 8.59. The summed E-state index contributed by atoms with van der Waals surface area (Å²) in [6.07, 6.45) is 3.41. The Labute approximate surface area is 219 Å². The summed E-state index contributed by atoms with van der Waals surface area (Å²) in [5.41, 5.74) is 7.17. The van der Waals surface area contributed by atoms with Crippen LogP contribution in [0.2, 0.25) is 0 Å². The Hall–Kier alpha value is -4.91. The number of pyridine rings is 1. The summed E-state index contributed by atoms with van der Waals surface area (Å²) in [5, 5.41) is 15.7. The lowest BCUT2D eigenvalue weighted by Crippen LogP contribution is -2.50. The summed E-state index contributed by atoms with van der Waals surface area (Å²) in [7, 11) is 0. The third-order valence-electron chi connectivity index (χ3n) is 7.64. The fourth-order valence-electron chi connectivity index (χ4n) is 5.66. The molecular formula is C31H25N5O2. The van der Waals surface area contributed by atoms with Crippen LogP contribution in [0.15, 0.2) is 97.2 Å². The highest BCUT2D eigenvalue weighted by Crippen LogP contribution is 2.45. The first-order valence-electron chi connectivity index (χ1n) is 12.7. The van der Waals surface area contributed by atoms with Gasteiger partial charge in [0.05, 0.1) is 28.3 Å². The fourth-order valence-corrected chi connectivity index (χ4v) is 5.66. The second-order valence-corrected chi connectivity index (χ2v) is 9.82. The molecule has 7 heteroatoms. The molecule has 2 aromatic heterocycles. The number of carbonyl (C=O) groups is 1. The minimum absolute atomic E-state index is 0.514. The molecule has 5 aromatic rings. The molecule has 0 radical (unpaired) electrons. The molecule has 3 heterocycles. The first-order chi connectivity index (χ1) is 18.6. The normalized spacial score (nSPS) is 14.6. The summed E-state index contributed by atoms with van der Waals surface area (Å²) in [4.78, 5) is 21.4. The number of nitrogens with zero attached hydrogens (tertiary/aromatic N) is 3. The largest absolute Gasteiger partial charge is 0.465 e. The average molecular weight is 500 g/mol. The van der Waals surface area contributed by atoms with Gasteiger partial charge in [0.1, 0.15) is 5.82 Å². The number of para-hydroxylation sites is 1. The molecule has 1 aliphatic carbocycles. The highest BCUT2D eigenvalue weighted by atomic mass is 16.4. The number of hydrogen-bond donors (Lipinski definition) is 3. The number of anilines is 2. The summed E-state index contributed by atoms with van der Waals surface area (Å²) in [5.74, 6) is 1.59. The number of aromatic nitrogens is 3. The van der Waals surface area contributed by atoms with Crippen LogP contribution in [0.4, 0.5) is 16.3 Å². The van der Waals surface area contributed by atoms with Crippen LogP contribution >= 0.6 is 0 Å². The summed E-state index contributed by atoms with van der Waals surface area (Å²) < 4.78 is 2.19. The van der Waals surface area contributed by atoms with Gasteiger partial charge in [-0.25, -0.2) is 14.8 Å². The summed E-state index contributed by atoms with van der Waals surface area (Å²) in [6, 6.07) is 30.6. The summed E-state index contributed by atoms with van der Waals surface area (Å²) in [6.45, 7) is 0. The number of fused-ring (bicyclic) bond motifs is 5. The fraction of sp³-hybridized carbons (Fsp3) is 0.129. The van der Waals surface area contributed by atoms with Crippen molar-refractivity contribution in [2.24, 2.45) is 0 Å². The molecule has 38 heavy (non-hydrogen) atoms. The SMILES string of the molecule is O=C(O)NC1(c2ccc(-c3c(-c4ccccc4)nc4n3-c3cccnc3Nc3ccccc3-4)cc2)CCC1. The first-order valence-corrected chi connectivity index (χ1v) is 12.7. The van der Waals surface area contributed by atoms with Crippen molar-refractivity contribution >= 4 is 17.6 Å². The number of carboxylic acid groups (broad SMARTS) is 1. The van der Waals surface area contributed by atoms with Gasteiger partial charge in [-0.05, 0) is 49.1 Å². The molecule has 3 aromatic carbocycles. The van der Waals surface area contributed by atoms with Gasteiger partial charge in [-0.1, -0.05) is 66.7 Å². The Morgan fingerprint density at radius 1 is 0.895 bits per heavy atom. The quantitative estimate of drug-likeness (QED) is 0.244. The van der Waals surface area contributed by atoms with Gasteiger partial charge in [-0.15, -0.1) is 0 Å². The zero-order valence-electron chi connectivity index (χ0n) is 20.6. The van der Waals surface area contributed by atoms with Crippen LogP contribution in [0.1, 0.15) is 24.8 Å². The standard InChI is InChI=1S/C31H25N5O2/c37-30(38)35-31(17-7-18-31)22-15-13-21(14-16-22)27-26(20-8-2-1-3-9-20)34-29-23-10-4-5-11-24(23)33-28-25(36(27)29)12-6-19-32-28/h1-6,8-16,19,35H,7,17-18H2,(H,32,33)(H,37,38). The van der Waals surface area contributed by atoms with Crippen molar-refractivity contribution in [2.45, 2.75) is 24.8 Å². The first kappa shape index (κ1) is 22.3. The van der Waals surface area contributed by atoms with Gasteiger partial charge in [0.15, 0.2) is 5.82 Å². The lowest BCUT2D eigenvalue weighted by Gasteiger charge is -2.42. The lowest BCUT2D eigenvalue weighted by molar-refractivity contribution is 0.144. The predicted molar refractivity (Wildman–Crippen MR) is 148 cm³/mol. The summed E-state index contributed by atoms with van der Waals surface area (Å²) >= 11 is 0. The molecule has 7 nitrogen and oxygen atoms in total. The molecule has 1 saturated carbocycles. The van der Waals surface area contributed by atoms with Gasteiger partial charge >= 0.3 is 6.09 Å². The Balaban J connectivity index is 1.48. The molecule has 2 aliphatic rings. The van der Waals surface area contributed by atoms with Gasteiger partial charge < -0.3 is 15.7 Å². The molecule has 186 valence electrons. The minimum atomic E-state index is -0.989. The van der Waals surface area contributed by atoms with E-state index in [-0.39, 0.29) is 0 Å². The number of amides is 1. The van der Waals surface area contributed by atoms with Crippen molar-refractivity contribution in [1.82, 2.24) is 19.9 Å². The van der Waals surface area contributed by atoms with Crippen molar-refractivity contribution in [3.63, 3.8) is 0 Å². The van der Waals surface area contributed by atoms with Crippen LogP contribution in [0, 0.1) is 0 Å². The molecule has 0 spiro atoms. The third-order valence-corrected chi connectivity index (χ3v) is 7.64. The monoisotopic (exact) mass is 499 g/mol. The Morgan fingerprint density at radius 3 is 2.39 bits per heavy atom. The average Bonchev–Trinajstić information content (AvgIpc) is 3.26. The van der Waals surface area contributed by atoms with Gasteiger partial charge in [0.25, 0.3) is 0 Å². The van der Waals surface area contributed by atoms with E-state index in [9.17, 15) is 9.90 Å². The van der Waals surface area contributed by atoms with E-state index in [1.165, 1.54) is 0 Å². The number of benzene rings is 3. The Kier molecular flexibility index (Phi) is 5.04. The van der Waals surface area contributed by atoms with Crippen LogP contribution in [0.25, 0.3) is 39.6 Å². The molecule has 0 bridgehead atoms. The number of nitrogens with one attached hydrogen (secondary N) is 2. The maximum atomic E-state index is 11.5. The van der Waals surface area contributed by atoms with Crippen LogP contribution in [0.5, 0.6) is 0 Å². The molecule has 3 N–H and O–H groups in total. The zero-order valence-corrected chi connectivity index (χ0v) is 20.6. The molecule has 0 unspecified atom stereocenters. The highest BCUT2D eigenvalue weighted by molar-refractivity contribution is 5.90. The maximum Gasteiger partial charge on any atom is 0.405 e. The molecule has 1 amide bonds. The number of imidazole rings is 1. The molecular weight excluding hydrogens is 474 g/mol. The van der Waals surface area contributed by atoms with E-state index < -0.39 is 11.6 Å². The number of hydrogen-bond acceptors (Lipinski definition) is 4. The van der Waals surface area contributed by atoms with E-state index in [1.807, 2.05) is 54.6 Å². The Morgan fingerprint density at radius 2 is 1.66 bits per heavy atom. The van der Waals surface area contributed by atoms with Gasteiger partial charge in [0, 0.05) is 22.9 Å². The Bertz CT molecular complexity index is 1670. The molecule has 1 fully saturated rings. The van der Waals surface area contributed by atoms with E-state index in [2.05, 4.69) is 56.6 Å². The van der Waals surface area contributed by atoms with Crippen molar-refractivity contribution in [3.05, 3.63) is 103 Å². The highest BCUT2D eigenvalue weighted by Gasteiger charge is 2.40.